The van der Waals surface area contributed by atoms with Crippen molar-refractivity contribution in [1.29, 1.82) is 0 Å². The molecule has 0 aliphatic carbocycles. The average Bonchev–Trinajstić information content (AvgIpc) is 3.24. The summed E-state index contributed by atoms with van der Waals surface area (Å²) in [6.45, 7) is 0. The molecule has 0 amide bonds. The number of ether oxygens (including phenoxy) is 1. The molecule has 2 aromatic carbocycles. The monoisotopic (exact) mass is 501 g/mol. The van der Waals surface area contributed by atoms with Crippen molar-refractivity contribution in [2.45, 2.75) is 12.4 Å². The Morgan fingerprint density at radius 3 is 2.59 bits per heavy atom. The van der Waals surface area contributed by atoms with E-state index in [4.69, 9.17) is 16.3 Å². The van der Waals surface area contributed by atoms with E-state index in [9.17, 15) is 17.6 Å². The number of rotatable bonds is 1. The van der Waals surface area contributed by atoms with Crippen LogP contribution >= 0.6 is 38.9 Å². The summed E-state index contributed by atoms with van der Waals surface area (Å²) in [5.74, 6) is -0.240. The van der Waals surface area contributed by atoms with Gasteiger partial charge < -0.3 is 4.74 Å². The molecular formula is C20H9BrClF4NOS. The summed E-state index contributed by atoms with van der Waals surface area (Å²) in [5, 5.41) is 1.24. The van der Waals surface area contributed by atoms with Crippen LogP contribution < -0.4 is 4.74 Å². The van der Waals surface area contributed by atoms with Gasteiger partial charge in [0.2, 0.25) is 6.23 Å². The fraction of sp³-hybridized carbons (Fsp3) is 0.100. The second-order valence-corrected chi connectivity index (χ2v) is 9.00. The van der Waals surface area contributed by atoms with Gasteiger partial charge in [-0.1, -0.05) is 27.5 Å². The highest BCUT2D eigenvalue weighted by Gasteiger charge is 2.36. The predicted octanol–water partition coefficient (Wildman–Crippen LogP) is 7.88. The first-order valence-electron chi connectivity index (χ1n) is 8.36. The number of nitrogens with zero attached hydrogens (tertiary/aromatic N) is 1. The number of benzene rings is 2. The molecule has 0 spiro atoms. The molecule has 4 aromatic rings. The second kappa shape index (κ2) is 6.48. The molecule has 3 heterocycles. The molecule has 0 N–H and O–H groups in total. The first-order chi connectivity index (χ1) is 13.7. The molecule has 0 saturated heterocycles. The molecule has 2 aromatic heterocycles. The minimum Gasteiger partial charge on any atom is -0.464 e. The molecule has 9 heteroatoms. The zero-order valence-corrected chi connectivity index (χ0v) is 17.4. The largest absolute Gasteiger partial charge is 0.464 e. The Balaban J connectivity index is 1.79. The van der Waals surface area contributed by atoms with Gasteiger partial charge in [-0.15, -0.1) is 11.3 Å². The maximum atomic E-state index is 14.8. The quantitative estimate of drug-likeness (QED) is 0.241. The van der Waals surface area contributed by atoms with Crippen molar-refractivity contribution < 1.29 is 22.3 Å². The summed E-state index contributed by atoms with van der Waals surface area (Å²) >= 11 is 9.94. The van der Waals surface area contributed by atoms with E-state index < -0.39 is 23.1 Å². The SMILES string of the molecule is Fc1cc(Br)cc2c1-c1cc3cc(Cl)ccc3n1C(c1ccc(C(F)(F)F)s1)O2. The lowest BCUT2D eigenvalue weighted by Crippen LogP contribution is -2.22. The fourth-order valence-corrected chi connectivity index (χ4v) is 5.03. The third-order valence-corrected chi connectivity index (χ3v) is 6.55. The molecule has 0 radical (unpaired) electrons. The van der Waals surface area contributed by atoms with Crippen LogP contribution in [-0.4, -0.2) is 4.57 Å². The third kappa shape index (κ3) is 3.05. The van der Waals surface area contributed by atoms with Crippen LogP contribution in [0.15, 0.2) is 53.0 Å². The first kappa shape index (κ1) is 19.0. The number of thiophene rings is 1. The van der Waals surface area contributed by atoms with Crippen LogP contribution in [0, 0.1) is 5.82 Å². The van der Waals surface area contributed by atoms with E-state index in [1.165, 1.54) is 12.1 Å². The van der Waals surface area contributed by atoms with Gasteiger partial charge in [-0.3, -0.25) is 4.57 Å². The Labute approximate surface area is 179 Å². The molecule has 0 fully saturated rings. The number of fused-ring (bicyclic) bond motifs is 5. The van der Waals surface area contributed by atoms with Crippen molar-refractivity contribution in [3.8, 4) is 17.0 Å². The topological polar surface area (TPSA) is 14.2 Å². The Morgan fingerprint density at radius 2 is 1.86 bits per heavy atom. The van der Waals surface area contributed by atoms with E-state index in [0.29, 0.717) is 36.9 Å². The first-order valence-corrected chi connectivity index (χ1v) is 10.3. The van der Waals surface area contributed by atoms with E-state index in [0.717, 1.165) is 11.5 Å². The van der Waals surface area contributed by atoms with Gasteiger partial charge in [0, 0.05) is 14.9 Å². The Hall–Kier alpha value is -2.03. The van der Waals surface area contributed by atoms with E-state index in [1.54, 1.807) is 34.9 Å². The Kier molecular flexibility index (Phi) is 4.24. The molecule has 1 aliphatic rings. The summed E-state index contributed by atoms with van der Waals surface area (Å²) in [4.78, 5) is -0.361. The maximum absolute atomic E-state index is 14.8. The van der Waals surface area contributed by atoms with Gasteiger partial charge >= 0.3 is 6.18 Å². The molecule has 1 unspecified atom stereocenters. The Bertz CT molecular complexity index is 1280. The van der Waals surface area contributed by atoms with Gasteiger partial charge in [0.1, 0.15) is 16.4 Å². The number of hydrogen-bond donors (Lipinski definition) is 0. The van der Waals surface area contributed by atoms with Crippen molar-refractivity contribution in [3.05, 3.63) is 73.6 Å². The van der Waals surface area contributed by atoms with Crippen molar-refractivity contribution >= 4 is 49.8 Å². The summed E-state index contributed by atoms with van der Waals surface area (Å²) in [5.41, 5.74) is 1.45. The second-order valence-electron chi connectivity index (χ2n) is 6.53. The molecule has 1 aliphatic heterocycles. The van der Waals surface area contributed by atoms with Crippen LogP contribution in [0.2, 0.25) is 5.02 Å². The standard InChI is InChI=1S/C20H9BrClF4NOS/c21-10-7-12(23)18-14-6-9-5-11(22)1-2-13(9)27(14)19(28-15(18)8-10)16-3-4-17(29-16)20(24,25)26/h1-8,19H. The summed E-state index contributed by atoms with van der Waals surface area (Å²) < 4.78 is 62.4. The minimum atomic E-state index is -4.44. The van der Waals surface area contributed by atoms with Gasteiger partial charge in [-0.25, -0.2) is 4.39 Å². The molecule has 5 rings (SSSR count). The molecule has 0 bridgehead atoms. The van der Waals surface area contributed by atoms with Crippen LogP contribution in [0.25, 0.3) is 22.2 Å². The molecule has 1 atom stereocenters. The molecule has 2 nitrogen and oxygen atoms in total. The van der Waals surface area contributed by atoms with Crippen molar-refractivity contribution in [2.75, 3.05) is 0 Å². The van der Waals surface area contributed by atoms with Crippen LogP contribution in [0.5, 0.6) is 5.75 Å². The highest BCUT2D eigenvalue weighted by molar-refractivity contribution is 9.10. The number of hydrogen-bond acceptors (Lipinski definition) is 2. The van der Waals surface area contributed by atoms with Crippen LogP contribution in [0.3, 0.4) is 0 Å². The smallest absolute Gasteiger partial charge is 0.425 e. The van der Waals surface area contributed by atoms with Gasteiger partial charge in [0.15, 0.2) is 0 Å². The van der Waals surface area contributed by atoms with Crippen molar-refractivity contribution in [1.82, 2.24) is 4.57 Å². The Morgan fingerprint density at radius 1 is 1.07 bits per heavy atom. The van der Waals surface area contributed by atoms with Gasteiger partial charge in [-0.2, -0.15) is 13.2 Å². The highest BCUT2D eigenvalue weighted by atomic mass is 79.9. The van der Waals surface area contributed by atoms with E-state index in [1.807, 2.05) is 0 Å². The average molecular weight is 503 g/mol. The molecular weight excluding hydrogens is 494 g/mol. The molecule has 29 heavy (non-hydrogen) atoms. The number of alkyl halides is 3. The summed E-state index contributed by atoms with van der Waals surface area (Å²) in [7, 11) is 0. The lowest BCUT2D eigenvalue weighted by molar-refractivity contribution is -0.134. The normalized spacial score (nSPS) is 15.9. The minimum absolute atomic E-state index is 0.254. The van der Waals surface area contributed by atoms with Gasteiger partial charge in [0.05, 0.1) is 21.7 Å². The lowest BCUT2D eigenvalue weighted by Gasteiger charge is -2.29. The third-order valence-electron chi connectivity index (χ3n) is 4.70. The summed E-state index contributed by atoms with van der Waals surface area (Å²) in [6.07, 6.45) is -5.31. The van der Waals surface area contributed by atoms with Gasteiger partial charge in [0.25, 0.3) is 0 Å². The van der Waals surface area contributed by atoms with Crippen molar-refractivity contribution in [2.24, 2.45) is 0 Å². The predicted molar refractivity (Wildman–Crippen MR) is 108 cm³/mol. The lowest BCUT2D eigenvalue weighted by atomic mass is 10.1. The van der Waals surface area contributed by atoms with E-state index in [-0.39, 0.29) is 11.3 Å². The number of halogens is 6. The summed E-state index contributed by atoms with van der Waals surface area (Å²) in [6, 6.07) is 12.3. The van der Waals surface area contributed by atoms with Crippen LogP contribution in [0.4, 0.5) is 17.6 Å². The zero-order chi connectivity index (χ0) is 20.5. The zero-order valence-electron chi connectivity index (χ0n) is 14.2. The maximum Gasteiger partial charge on any atom is 0.425 e. The fourth-order valence-electron chi connectivity index (χ4n) is 3.54. The molecule has 0 saturated carbocycles. The number of aromatic nitrogens is 1. The van der Waals surface area contributed by atoms with Crippen LogP contribution in [-0.2, 0) is 6.18 Å². The highest BCUT2D eigenvalue weighted by Crippen LogP contribution is 2.48. The van der Waals surface area contributed by atoms with E-state index >= 15 is 0 Å². The van der Waals surface area contributed by atoms with Crippen LogP contribution in [0.1, 0.15) is 16.0 Å². The van der Waals surface area contributed by atoms with Gasteiger partial charge in [-0.05, 0) is 48.5 Å². The van der Waals surface area contributed by atoms with E-state index in [2.05, 4.69) is 15.9 Å². The van der Waals surface area contributed by atoms with Crippen molar-refractivity contribution in [3.63, 3.8) is 0 Å². The molecule has 148 valence electrons.